The summed E-state index contributed by atoms with van der Waals surface area (Å²) in [4.78, 5) is 14.9. The average molecular weight is 671 g/mol. The summed E-state index contributed by atoms with van der Waals surface area (Å²) < 4.78 is 13.9. The van der Waals surface area contributed by atoms with Crippen LogP contribution in [0.25, 0.3) is 11.1 Å². The lowest BCUT2D eigenvalue weighted by Crippen LogP contribution is -2.45. The molecule has 0 amide bonds. The zero-order chi connectivity index (χ0) is 30.9. The Balaban J connectivity index is 1.60. The van der Waals surface area contributed by atoms with E-state index in [2.05, 4.69) is 85.0 Å². The van der Waals surface area contributed by atoms with E-state index < -0.39 is 13.9 Å². The first-order valence-electron chi connectivity index (χ1n) is 14.9. The predicted molar refractivity (Wildman–Crippen MR) is 182 cm³/mol. The highest BCUT2D eigenvalue weighted by molar-refractivity contribution is 9.10. The van der Waals surface area contributed by atoms with Crippen molar-refractivity contribution in [2.75, 3.05) is 18.0 Å². The van der Waals surface area contributed by atoms with E-state index in [1.165, 1.54) is 11.1 Å². The van der Waals surface area contributed by atoms with Crippen molar-refractivity contribution in [2.24, 2.45) is 5.92 Å². The maximum absolute atomic E-state index is 12.5. The smallest absolute Gasteiger partial charge is 0.338 e. The number of rotatable bonds is 7. The van der Waals surface area contributed by atoms with E-state index >= 15 is 0 Å². The summed E-state index contributed by atoms with van der Waals surface area (Å²) in [6.07, 6.45) is 2.00. The third-order valence-electron chi connectivity index (χ3n) is 8.54. The highest BCUT2D eigenvalue weighted by atomic mass is 79.9. The van der Waals surface area contributed by atoms with Gasteiger partial charge in [-0.15, -0.1) is 0 Å². The van der Waals surface area contributed by atoms with Crippen molar-refractivity contribution in [3.05, 3.63) is 87.4 Å². The van der Waals surface area contributed by atoms with Crippen molar-refractivity contribution >= 4 is 47.5 Å². The van der Waals surface area contributed by atoms with Crippen molar-refractivity contribution in [1.29, 1.82) is 0 Å². The Morgan fingerprint density at radius 1 is 0.929 bits per heavy atom. The molecule has 0 radical (unpaired) electrons. The van der Waals surface area contributed by atoms with Crippen molar-refractivity contribution in [3.8, 4) is 11.1 Å². The van der Waals surface area contributed by atoms with Gasteiger partial charge >= 0.3 is 5.97 Å². The fraction of sp³-hybridized carbons (Fsp3) is 0.457. The molecule has 0 saturated carbocycles. The Bertz CT molecular complexity index is 1370. The van der Waals surface area contributed by atoms with Crippen molar-refractivity contribution < 1.29 is 14.0 Å². The molecule has 42 heavy (non-hydrogen) atoms. The third kappa shape index (κ3) is 8.07. The van der Waals surface area contributed by atoms with Gasteiger partial charge in [-0.1, -0.05) is 66.5 Å². The van der Waals surface area contributed by atoms with Crippen LogP contribution in [0.15, 0.2) is 71.2 Å². The summed E-state index contributed by atoms with van der Waals surface area (Å²) >= 11 is 10.0. The highest BCUT2D eigenvalue weighted by Gasteiger charge is 2.42. The molecule has 0 bridgehead atoms. The largest absolute Gasteiger partial charge is 0.456 e. The van der Waals surface area contributed by atoms with Gasteiger partial charge in [0.1, 0.15) is 5.60 Å². The number of esters is 1. The molecule has 3 aromatic rings. The molecule has 7 heteroatoms. The number of carbonyl (C=O) groups is 1. The Hall–Kier alpha value is -2.12. The fourth-order valence-electron chi connectivity index (χ4n) is 5.17. The first-order chi connectivity index (χ1) is 19.5. The number of piperidine rings is 1. The molecule has 1 heterocycles. The second kappa shape index (κ2) is 12.9. The van der Waals surface area contributed by atoms with Gasteiger partial charge in [0, 0.05) is 28.3 Å². The number of ether oxygens (including phenoxy) is 1. The first kappa shape index (κ1) is 32.8. The molecule has 4 nitrogen and oxygen atoms in total. The molecule has 1 saturated heterocycles. The fourth-order valence-corrected chi connectivity index (χ4v) is 6.99. The van der Waals surface area contributed by atoms with E-state index in [4.69, 9.17) is 20.8 Å². The third-order valence-corrected chi connectivity index (χ3v) is 13.7. The maximum Gasteiger partial charge on any atom is 0.338 e. The lowest BCUT2D eigenvalue weighted by molar-refractivity contribution is 0.00695. The lowest BCUT2D eigenvalue weighted by atomic mass is 9.84. The number of halogens is 2. The van der Waals surface area contributed by atoms with Crippen LogP contribution in [0, 0.1) is 5.92 Å². The Morgan fingerprint density at radius 2 is 1.52 bits per heavy atom. The van der Waals surface area contributed by atoms with Crippen LogP contribution in [0.2, 0.25) is 23.2 Å². The van der Waals surface area contributed by atoms with Gasteiger partial charge in [-0.25, -0.2) is 4.79 Å². The number of carbonyl (C=O) groups excluding carboxylic acids is 1. The maximum atomic E-state index is 12.5. The lowest BCUT2D eigenvalue weighted by Gasteiger charge is -2.44. The van der Waals surface area contributed by atoms with E-state index in [-0.39, 0.29) is 17.1 Å². The molecular weight excluding hydrogens is 626 g/mol. The summed E-state index contributed by atoms with van der Waals surface area (Å²) in [6.45, 7) is 19.1. The summed E-state index contributed by atoms with van der Waals surface area (Å²) in [5, 5.41) is 0.826. The average Bonchev–Trinajstić information content (AvgIpc) is 2.91. The van der Waals surface area contributed by atoms with Gasteiger partial charge in [-0.05, 0) is 123 Å². The molecule has 4 rings (SSSR count). The van der Waals surface area contributed by atoms with Crippen LogP contribution in [0.3, 0.4) is 0 Å². The SMILES string of the molecule is CC(C)(C)OC(=O)c1ccc(N2CCC(C(O[Si](C)(C)C(C)(C)C)c3cc(Br)ccc3-c3ccc(Cl)cc3)CC2)cc1. The molecular formula is C35H45BrClNO3Si. The van der Waals surface area contributed by atoms with Crippen LogP contribution in [0.5, 0.6) is 0 Å². The predicted octanol–water partition coefficient (Wildman–Crippen LogP) is 10.7. The van der Waals surface area contributed by atoms with Crippen molar-refractivity contribution in [3.63, 3.8) is 0 Å². The van der Waals surface area contributed by atoms with Gasteiger partial charge in [-0.2, -0.15) is 0 Å². The molecule has 3 aromatic carbocycles. The van der Waals surface area contributed by atoms with Crippen LogP contribution in [-0.2, 0) is 9.16 Å². The number of nitrogens with zero attached hydrogens (tertiary/aromatic N) is 1. The highest BCUT2D eigenvalue weighted by Crippen LogP contribution is 2.46. The van der Waals surface area contributed by atoms with Crippen LogP contribution in [-0.4, -0.2) is 33.0 Å². The van der Waals surface area contributed by atoms with Gasteiger partial charge in [0.2, 0.25) is 0 Å². The number of hydrogen-bond donors (Lipinski definition) is 0. The standard InChI is InChI=1S/C35H45BrClNO3Si/c1-34(2,3)40-33(39)26-11-16-29(17-12-26)38-21-19-25(20-22-38)32(41-42(7,8)35(4,5)6)31-23-27(36)13-18-30(31)24-9-14-28(37)15-10-24/h9-18,23,25,32H,19-22H2,1-8H3. The van der Waals surface area contributed by atoms with Gasteiger partial charge in [0.05, 0.1) is 11.7 Å². The zero-order valence-electron chi connectivity index (χ0n) is 26.3. The van der Waals surface area contributed by atoms with Crippen LogP contribution >= 0.6 is 27.5 Å². The second-order valence-corrected chi connectivity index (χ2v) is 20.0. The minimum Gasteiger partial charge on any atom is -0.456 e. The van der Waals surface area contributed by atoms with Gasteiger partial charge in [0.15, 0.2) is 8.32 Å². The molecule has 1 aliphatic heterocycles. The van der Waals surface area contributed by atoms with Crippen molar-refractivity contribution in [1.82, 2.24) is 0 Å². The molecule has 0 N–H and O–H groups in total. The molecule has 0 aromatic heterocycles. The molecule has 0 aliphatic carbocycles. The first-order valence-corrected chi connectivity index (χ1v) is 18.9. The minimum absolute atomic E-state index is 0.0224. The molecule has 1 fully saturated rings. The summed E-state index contributed by atoms with van der Waals surface area (Å²) in [5.74, 6) is 0.0839. The van der Waals surface area contributed by atoms with E-state index in [0.717, 1.165) is 46.7 Å². The van der Waals surface area contributed by atoms with Crippen LogP contribution in [0.4, 0.5) is 5.69 Å². The molecule has 1 aliphatic rings. The second-order valence-electron chi connectivity index (χ2n) is 13.9. The zero-order valence-corrected chi connectivity index (χ0v) is 29.6. The molecule has 0 spiro atoms. The molecule has 1 unspecified atom stereocenters. The Morgan fingerprint density at radius 3 is 2.07 bits per heavy atom. The van der Waals surface area contributed by atoms with E-state index in [1.54, 1.807) is 0 Å². The van der Waals surface area contributed by atoms with E-state index in [9.17, 15) is 4.79 Å². The normalized spacial score (nSPS) is 15.9. The summed E-state index contributed by atoms with van der Waals surface area (Å²) in [6, 6.07) is 22.5. The Kier molecular flexibility index (Phi) is 10.0. The van der Waals surface area contributed by atoms with E-state index in [0.29, 0.717) is 11.5 Å². The Labute approximate surface area is 267 Å². The summed E-state index contributed by atoms with van der Waals surface area (Å²) in [7, 11) is -2.09. The topological polar surface area (TPSA) is 38.8 Å². The number of hydrogen-bond acceptors (Lipinski definition) is 4. The minimum atomic E-state index is -2.09. The van der Waals surface area contributed by atoms with Gasteiger partial charge in [0.25, 0.3) is 0 Å². The van der Waals surface area contributed by atoms with Crippen LogP contribution in [0.1, 0.15) is 76.4 Å². The van der Waals surface area contributed by atoms with E-state index in [1.807, 2.05) is 57.2 Å². The number of benzene rings is 3. The summed E-state index contributed by atoms with van der Waals surface area (Å²) in [5.41, 5.74) is 4.77. The monoisotopic (exact) mass is 669 g/mol. The van der Waals surface area contributed by atoms with Gasteiger partial charge < -0.3 is 14.1 Å². The van der Waals surface area contributed by atoms with Crippen molar-refractivity contribution in [2.45, 2.75) is 84.2 Å². The quantitative estimate of drug-likeness (QED) is 0.185. The number of anilines is 1. The van der Waals surface area contributed by atoms with Gasteiger partial charge in [-0.3, -0.25) is 0 Å². The molecule has 226 valence electrons. The molecule has 1 atom stereocenters. The van der Waals surface area contributed by atoms with Crippen LogP contribution < -0.4 is 4.90 Å².